The number of ether oxygens (including phenoxy) is 1. The van der Waals surface area contributed by atoms with Crippen molar-refractivity contribution >= 4 is 23.2 Å². The number of carbonyl (C=O) groups is 2. The summed E-state index contributed by atoms with van der Waals surface area (Å²) in [7, 11) is 0. The summed E-state index contributed by atoms with van der Waals surface area (Å²) in [6, 6.07) is 10.6. The monoisotopic (exact) mass is 404 g/mol. The molecule has 1 unspecified atom stereocenters. The van der Waals surface area contributed by atoms with E-state index in [-0.39, 0.29) is 11.8 Å². The number of hydrogen-bond acceptors (Lipinski definition) is 4. The van der Waals surface area contributed by atoms with Crippen LogP contribution in [-0.4, -0.2) is 21.6 Å². The van der Waals surface area contributed by atoms with Crippen LogP contribution < -0.4 is 10.6 Å². The van der Waals surface area contributed by atoms with Crippen molar-refractivity contribution in [3.05, 3.63) is 76.6 Å². The molecule has 2 heterocycles. The zero-order valence-electron chi connectivity index (χ0n) is 17.2. The van der Waals surface area contributed by atoms with Crippen molar-refractivity contribution in [1.82, 2.24) is 9.78 Å². The van der Waals surface area contributed by atoms with E-state index in [4.69, 9.17) is 4.74 Å². The van der Waals surface area contributed by atoms with Crippen LogP contribution in [0.2, 0.25) is 0 Å². The van der Waals surface area contributed by atoms with Crippen LogP contribution in [0, 0.1) is 13.8 Å². The molecule has 1 aliphatic heterocycles. The maximum atomic E-state index is 12.8. The first-order chi connectivity index (χ1) is 14.4. The molecular formula is C23H24N4O3. The lowest BCUT2D eigenvalue weighted by atomic mass is 10.1. The number of amides is 2. The predicted octanol–water partition coefficient (Wildman–Crippen LogP) is 3.98. The van der Waals surface area contributed by atoms with Crippen molar-refractivity contribution in [3.63, 3.8) is 0 Å². The van der Waals surface area contributed by atoms with Gasteiger partial charge in [-0.1, -0.05) is 12.1 Å². The van der Waals surface area contributed by atoms with Gasteiger partial charge in [-0.15, -0.1) is 0 Å². The number of hydrogen-bond donors (Lipinski definition) is 2. The van der Waals surface area contributed by atoms with Gasteiger partial charge in [0.2, 0.25) is 5.91 Å². The highest BCUT2D eigenvalue weighted by Crippen LogP contribution is 2.24. The Morgan fingerprint density at radius 3 is 2.63 bits per heavy atom. The fourth-order valence-electron chi connectivity index (χ4n) is 3.35. The minimum absolute atomic E-state index is 0.197. The van der Waals surface area contributed by atoms with Gasteiger partial charge in [-0.05, 0) is 67.3 Å². The fraction of sp³-hybridized carbons (Fsp3) is 0.261. The molecule has 2 aromatic carbocycles. The topological polar surface area (TPSA) is 85.2 Å². The van der Waals surface area contributed by atoms with E-state index in [1.165, 1.54) is 0 Å². The molecule has 0 saturated carbocycles. The van der Waals surface area contributed by atoms with E-state index in [1.807, 2.05) is 44.3 Å². The lowest BCUT2D eigenvalue weighted by Gasteiger charge is -2.15. The number of benzene rings is 2. The Morgan fingerprint density at radius 1 is 1.07 bits per heavy atom. The number of aromatic nitrogens is 2. The number of carbonyl (C=O) groups excluding carboxylic acids is 2. The summed E-state index contributed by atoms with van der Waals surface area (Å²) in [5, 5.41) is 10.0. The second-order valence-electron chi connectivity index (χ2n) is 7.62. The van der Waals surface area contributed by atoms with Gasteiger partial charge in [0.25, 0.3) is 5.91 Å². The molecule has 154 valence electrons. The first-order valence-electron chi connectivity index (χ1n) is 9.84. The molecule has 0 bridgehead atoms. The minimum Gasteiger partial charge on any atom is -0.372 e. The molecule has 0 fully saturated rings. The highest BCUT2D eigenvalue weighted by atomic mass is 16.5. The van der Waals surface area contributed by atoms with Gasteiger partial charge in [-0.3, -0.25) is 14.3 Å². The summed E-state index contributed by atoms with van der Waals surface area (Å²) in [6.45, 7) is 6.77. The van der Waals surface area contributed by atoms with Crippen LogP contribution in [0.25, 0.3) is 0 Å². The van der Waals surface area contributed by atoms with Crippen LogP contribution in [-0.2, 0) is 22.7 Å². The third-order valence-electron chi connectivity index (χ3n) is 5.24. The molecule has 0 spiro atoms. The lowest BCUT2D eigenvalue weighted by molar-refractivity contribution is -0.119. The maximum absolute atomic E-state index is 12.8. The van der Waals surface area contributed by atoms with E-state index in [2.05, 4.69) is 15.7 Å². The molecule has 0 saturated heterocycles. The number of nitrogens with one attached hydrogen (secondary N) is 2. The van der Waals surface area contributed by atoms with Gasteiger partial charge < -0.3 is 15.4 Å². The number of nitrogens with zero attached hydrogens (tertiary/aromatic N) is 2. The Hall–Kier alpha value is -3.45. The van der Waals surface area contributed by atoms with Gasteiger partial charge in [-0.25, -0.2) is 0 Å². The number of anilines is 2. The molecule has 2 N–H and O–H groups in total. The maximum Gasteiger partial charge on any atom is 0.255 e. The number of rotatable bonds is 5. The molecule has 4 rings (SSSR count). The highest BCUT2D eigenvalue weighted by molar-refractivity contribution is 6.05. The molecule has 2 amide bonds. The van der Waals surface area contributed by atoms with Gasteiger partial charge in [0.15, 0.2) is 0 Å². The Labute approximate surface area is 175 Å². The van der Waals surface area contributed by atoms with Gasteiger partial charge in [-0.2, -0.15) is 5.10 Å². The molecule has 7 nitrogen and oxygen atoms in total. The van der Waals surface area contributed by atoms with E-state index in [0.29, 0.717) is 24.5 Å². The third-order valence-corrected chi connectivity index (χ3v) is 5.24. The standard InChI is InChI=1S/C23H24N4O3/c1-14-10-24-27(11-14)16(3)22(28)26-21-9-17(5-4-15(21)2)23(29)25-20-7-6-18-12-30-13-19(18)8-20/h4-11,16H,12-13H2,1-3H3,(H,25,29)(H,26,28). The van der Waals surface area contributed by atoms with Gasteiger partial charge >= 0.3 is 0 Å². The van der Waals surface area contributed by atoms with Crippen LogP contribution in [0.1, 0.15) is 45.6 Å². The van der Waals surface area contributed by atoms with E-state index in [0.717, 1.165) is 27.9 Å². The van der Waals surface area contributed by atoms with Gasteiger partial charge in [0.1, 0.15) is 6.04 Å². The van der Waals surface area contributed by atoms with Crippen LogP contribution in [0.4, 0.5) is 11.4 Å². The molecule has 30 heavy (non-hydrogen) atoms. The van der Waals surface area contributed by atoms with E-state index >= 15 is 0 Å². The summed E-state index contributed by atoms with van der Waals surface area (Å²) in [5.74, 6) is -0.433. The molecular weight excluding hydrogens is 380 g/mol. The summed E-state index contributed by atoms with van der Waals surface area (Å²) in [6.07, 6.45) is 3.54. The van der Waals surface area contributed by atoms with E-state index < -0.39 is 6.04 Å². The second-order valence-corrected chi connectivity index (χ2v) is 7.62. The van der Waals surface area contributed by atoms with Crippen molar-refractivity contribution in [2.45, 2.75) is 40.0 Å². The third kappa shape index (κ3) is 4.11. The molecule has 1 aliphatic rings. The number of aryl methyl sites for hydroxylation is 2. The van der Waals surface area contributed by atoms with Crippen molar-refractivity contribution in [2.24, 2.45) is 0 Å². The van der Waals surface area contributed by atoms with Crippen LogP contribution in [0.15, 0.2) is 48.8 Å². The molecule has 0 aliphatic carbocycles. The molecule has 3 aromatic rings. The Kier molecular flexibility index (Phi) is 5.37. The Morgan fingerprint density at radius 2 is 1.87 bits per heavy atom. The van der Waals surface area contributed by atoms with E-state index in [1.54, 1.807) is 29.9 Å². The SMILES string of the molecule is Cc1cnn(C(C)C(=O)Nc2cc(C(=O)Nc3ccc4c(c3)COC4)ccc2C)c1. The largest absolute Gasteiger partial charge is 0.372 e. The normalized spacial score (nSPS) is 13.6. The van der Waals surface area contributed by atoms with Crippen molar-refractivity contribution in [3.8, 4) is 0 Å². The van der Waals surface area contributed by atoms with Crippen LogP contribution in [0.3, 0.4) is 0 Å². The van der Waals surface area contributed by atoms with Crippen molar-refractivity contribution in [2.75, 3.05) is 10.6 Å². The zero-order chi connectivity index (χ0) is 21.3. The fourth-order valence-corrected chi connectivity index (χ4v) is 3.35. The first kappa shape index (κ1) is 19.8. The molecule has 7 heteroatoms. The van der Waals surface area contributed by atoms with E-state index in [9.17, 15) is 9.59 Å². The summed E-state index contributed by atoms with van der Waals surface area (Å²) < 4.78 is 7.04. The smallest absolute Gasteiger partial charge is 0.255 e. The minimum atomic E-state index is -0.468. The molecule has 1 aromatic heterocycles. The number of fused-ring (bicyclic) bond motifs is 1. The average Bonchev–Trinajstić information content (AvgIpc) is 3.37. The predicted molar refractivity (Wildman–Crippen MR) is 114 cm³/mol. The quantitative estimate of drug-likeness (QED) is 0.674. The highest BCUT2D eigenvalue weighted by Gasteiger charge is 2.18. The molecule has 0 radical (unpaired) electrons. The van der Waals surface area contributed by atoms with Gasteiger partial charge in [0, 0.05) is 23.1 Å². The zero-order valence-corrected chi connectivity index (χ0v) is 17.2. The summed E-state index contributed by atoms with van der Waals surface area (Å²) >= 11 is 0. The van der Waals surface area contributed by atoms with Crippen molar-refractivity contribution < 1.29 is 14.3 Å². The first-order valence-corrected chi connectivity index (χ1v) is 9.84. The summed E-state index contributed by atoms with van der Waals surface area (Å²) in [4.78, 5) is 25.4. The lowest BCUT2D eigenvalue weighted by Crippen LogP contribution is -2.24. The summed E-state index contributed by atoms with van der Waals surface area (Å²) in [5.41, 5.74) is 5.89. The van der Waals surface area contributed by atoms with Gasteiger partial charge in [0.05, 0.1) is 19.4 Å². The van der Waals surface area contributed by atoms with Crippen LogP contribution in [0.5, 0.6) is 0 Å². The Bertz CT molecular complexity index is 1120. The van der Waals surface area contributed by atoms with Crippen molar-refractivity contribution in [1.29, 1.82) is 0 Å². The second kappa shape index (κ2) is 8.12. The average molecular weight is 404 g/mol. The Balaban J connectivity index is 1.48. The van der Waals surface area contributed by atoms with Crippen LogP contribution >= 0.6 is 0 Å². The molecule has 1 atom stereocenters.